The number of hydrogen-bond donors (Lipinski definition) is 1. The second kappa shape index (κ2) is 13.3. The first-order valence-electron chi connectivity index (χ1n) is 14.4. The van der Waals surface area contributed by atoms with E-state index in [2.05, 4.69) is 61.5 Å². The lowest BCUT2D eigenvalue weighted by atomic mass is 9.91. The van der Waals surface area contributed by atoms with E-state index in [1.165, 1.54) is 30.6 Å². The summed E-state index contributed by atoms with van der Waals surface area (Å²) in [6.45, 7) is 4.03. The number of amides is 1. The molecule has 40 heavy (non-hydrogen) atoms. The number of nitriles is 1. The lowest BCUT2D eigenvalue weighted by molar-refractivity contribution is 0.0894. The molecule has 3 aromatic rings. The van der Waals surface area contributed by atoms with Crippen molar-refractivity contribution in [3.63, 3.8) is 0 Å². The molecule has 0 atom stereocenters. The fourth-order valence-electron chi connectivity index (χ4n) is 5.83. The maximum Gasteiger partial charge on any atom is 0.251 e. The monoisotopic (exact) mass is 600 g/mol. The summed E-state index contributed by atoms with van der Waals surface area (Å²) in [6, 6.07) is 20.2. The predicted octanol–water partition coefficient (Wildman–Crippen LogP) is 6.99. The van der Waals surface area contributed by atoms with Gasteiger partial charge in [0.1, 0.15) is 5.75 Å². The third kappa shape index (κ3) is 7.42. The molecule has 5 rings (SSSR count). The number of carbonyl (C=O) groups excluding carboxylic acids is 1. The van der Waals surface area contributed by atoms with Gasteiger partial charge in [-0.25, -0.2) is 0 Å². The molecule has 1 amide bonds. The highest BCUT2D eigenvalue weighted by Gasteiger charge is 2.25. The fourth-order valence-corrected chi connectivity index (χ4v) is 6.07. The Morgan fingerprint density at radius 3 is 2.45 bits per heavy atom. The Hall–Kier alpha value is -3.37. The molecule has 1 aliphatic carbocycles. The number of rotatable bonds is 8. The van der Waals surface area contributed by atoms with Gasteiger partial charge in [0.2, 0.25) is 0 Å². The number of aromatic nitrogens is 1. The highest BCUT2D eigenvalue weighted by atomic mass is 79.9. The first kappa shape index (κ1) is 28.2. The van der Waals surface area contributed by atoms with Crippen LogP contribution >= 0.6 is 15.9 Å². The van der Waals surface area contributed by atoms with Crippen LogP contribution in [0.5, 0.6) is 5.75 Å². The van der Waals surface area contributed by atoms with Gasteiger partial charge in [-0.15, -0.1) is 0 Å². The lowest BCUT2D eigenvalue weighted by Gasteiger charge is -2.33. The zero-order chi connectivity index (χ0) is 27.9. The van der Waals surface area contributed by atoms with Gasteiger partial charge < -0.3 is 15.0 Å². The lowest BCUT2D eigenvalue weighted by Crippen LogP contribution is -2.39. The Labute approximate surface area is 245 Å². The molecule has 2 aliphatic rings. The number of benzene rings is 2. The minimum Gasteiger partial charge on any atom is -0.490 e. The minimum atomic E-state index is -0.00102. The topological polar surface area (TPSA) is 78.2 Å². The summed E-state index contributed by atoms with van der Waals surface area (Å²) < 4.78 is 7.18. The van der Waals surface area contributed by atoms with Crippen molar-refractivity contribution in [2.24, 2.45) is 5.92 Å². The van der Waals surface area contributed by atoms with Crippen LogP contribution in [0.2, 0.25) is 0 Å². The molecule has 2 fully saturated rings. The molecule has 1 saturated carbocycles. The number of carbonyl (C=O) groups is 1. The fraction of sp³-hybridized carbons (Fsp3) is 0.424. The quantitative estimate of drug-likeness (QED) is 0.301. The van der Waals surface area contributed by atoms with Crippen LogP contribution in [-0.2, 0) is 6.42 Å². The van der Waals surface area contributed by atoms with Gasteiger partial charge >= 0.3 is 0 Å². The third-order valence-corrected chi connectivity index (χ3v) is 8.81. The van der Waals surface area contributed by atoms with Crippen molar-refractivity contribution in [2.45, 2.75) is 70.4 Å². The number of anilines is 1. The molecule has 0 unspecified atom stereocenters. The molecule has 2 aromatic carbocycles. The van der Waals surface area contributed by atoms with Gasteiger partial charge in [0.15, 0.2) is 0 Å². The van der Waals surface area contributed by atoms with Gasteiger partial charge in [0.05, 0.1) is 17.7 Å². The van der Waals surface area contributed by atoms with Gasteiger partial charge in [-0.05, 0) is 140 Å². The highest BCUT2D eigenvalue weighted by Crippen LogP contribution is 2.28. The molecule has 1 aromatic heterocycles. The van der Waals surface area contributed by atoms with Crippen molar-refractivity contribution in [3.05, 3.63) is 87.7 Å². The largest absolute Gasteiger partial charge is 0.490 e. The third-order valence-electron chi connectivity index (χ3n) is 8.34. The van der Waals surface area contributed by atoms with Gasteiger partial charge in [-0.3, -0.25) is 9.78 Å². The van der Waals surface area contributed by atoms with Crippen LogP contribution in [0, 0.1) is 24.2 Å². The summed E-state index contributed by atoms with van der Waals surface area (Å²) in [5.41, 5.74) is 4.69. The first-order chi connectivity index (χ1) is 19.5. The van der Waals surface area contributed by atoms with Gasteiger partial charge in [-0.1, -0.05) is 0 Å². The zero-order valence-corrected chi connectivity index (χ0v) is 24.7. The molecule has 1 N–H and O–H groups in total. The van der Waals surface area contributed by atoms with E-state index in [0.29, 0.717) is 11.1 Å². The van der Waals surface area contributed by atoms with Crippen molar-refractivity contribution in [3.8, 4) is 11.8 Å². The zero-order valence-electron chi connectivity index (χ0n) is 23.1. The van der Waals surface area contributed by atoms with Crippen molar-refractivity contribution < 1.29 is 9.53 Å². The van der Waals surface area contributed by atoms with Crippen molar-refractivity contribution in [1.29, 1.82) is 5.26 Å². The summed E-state index contributed by atoms with van der Waals surface area (Å²) in [7, 11) is 0. The van der Waals surface area contributed by atoms with Crippen LogP contribution in [0.3, 0.4) is 0 Å². The molecule has 0 spiro atoms. The number of pyridine rings is 1. The smallest absolute Gasteiger partial charge is 0.251 e. The van der Waals surface area contributed by atoms with Crippen LogP contribution in [0.4, 0.5) is 5.69 Å². The molecule has 1 aliphatic heterocycles. The average Bonchev–Trinajstić information content (AvgIpc) is 2.98. The normalized spacial score (nSPS) is 19.6. The summed E-state index contributed by atoms with van der Waals surface area (Å²) in [6.07, 6.45) is 10.2. The predicted molar refractivity (Wildman–Crippen MR) is 162 cm³/mol. The number of ether oxygens (including phenoxy) is 1. The van der Waals surface area contributed by atoms with E-state index < -0.39 is 0 Å². The SMILES string of the molecule is Cc1cc(OC2CCC(NC(=O)c3ccc(N4CCC(CCc5ccc(Br)cn5)CC4)cc3)CC2)ccc1C#N. The van der Waals surface area contributed by atoms with Crippen LogP contribution < -0.4 is 15.0 Å². The molecule has 1 saturated heterocycles. The van der Waals surface area contributed by atoms with Crippen molar-refractivity contribution >= 4 is 27.5 Å². The van der Waals surface area contributed by atoms with Crippen LogP contribution in [0.1, 0.15) is 72.1 Å². The molecular formula is C33H37BrN4O2. The molecule has 0 bridgehead atoms. The Morgan fingerprint density at radius 1 is 1.05 bits per heavy atom. The van der Waals surface area contributed by atoms with E-state index in [1.807, 2.05) is 43.5 Å². The van der Waals surface area contributed by atoms with Gasteiger partial charge in [0.25, 0.3) is 5.91 Å². The highest BCUT2D eigenvalue weighted by molar-refractivity contribution is 9.10. The summed E-state index contributed by atoms with van der Waals surface area (Å²) in [5.74, 6) is 1.55. The Morgan fingerprint density at radius 2 is 1.80 bits per heavy atom. The standard InChI is InChI=1S/C33H37BrN4O2/c1-23-20-32(13-5-26(23)21-35)40-31-14-9-29(10-15-31)37-33(39)25-3-11-30(12-4-25)38-18-16-24(17-19-38)2-7-28-8-6-27(34)22-36-28/h3-6,8,11-13,20,22,24,29,31H,2,7,9-10,14-19H2,1H3,(H,37,39). The minimum absolute atomic E-state index is 0.00102. The number of aryl methyl sites for hydroxylation is 2. The molecule has 6 nitrogen and oxygen atoms in total. The van der Waals surface area contributed by atoms with Crippen molar-refractivity contribution in [2.75, 3.05) is 18.0 Å². The molecule has 0 radical (unpaired) electrons. The van der Waals surface area contributed by atoms with Crippen molar-refractivity contribution in [1.82, 2.24) is 10.3 Å². The van der Waals surface area contributed by atoms with Gasteiger partial charge in [-0.2, -0.15) is 5.26 Å². The van der Waals surface area contributed by atoms with E-state index in [0.717, 1.165) is 66.9 Å². The van der Waals surface area contributed by atoms with Crippen LogP contribution in [0.15, 0.2) is 65.3 Å². The molecule has 208 valence electrons. The number of halogens is 1. The Balaban J connectivity index is 1.03. The van der Waals surface area contributed by atoms with E-state index >= 15 is 0 Å². The molecule has 7 heteroatoms. The second-order valence-electron chi connectivity index (χ2n) is 11.1. The van der Waals surface area contributed by atoms with E-state index in [4.69, 9.17) is 10.00 Å². The average molecular weight is 602 g/mol. The van der Waals surface area contributed by atoms with E-state index in [-0.39, 0.29) is 18.1 Å². The summed E-state index contributed by atoms with van der Waals surface area (Å²) >= 11 is 3.45. The molecular weight excluding hydrogens is 564 g/mol. The Bertz CT molecular complexity index is 1320. The summed E-state index contributed by atoms with van der Waals surface area (Å²) in [4.78, 5) is 19.9. The van der Waals surface area contributed by atoms with Gasteiger partial charge in [0, 0.05) is 46.7 Å². The maximum atomic E-state index is 12.9. The first-order valence-corrected chi connectivity index (χ1v) is 15.2. The van der Waals surface area contributed by atoms with E-state index in [9.17, 15) is 4.79 Å². The Kier molecular flexibility index (Phi) is 9.38. The second-order valence-corrected chi connectivity index (χ2v) is 12.1. The number of nitrogens with one attached hydrogen (secondary N) is 1. The van der Waals surface area contributed by atoms with Crippen LogP contribution in [-0.4, -0.2) is 36.1 Å². The number of piperidine rings is 1. The number of hydrogen-bond acceptors (Lipinski definition) is 5. The summed E-state index contributed by atoms with van der Waals surface area (Å²) in [5, 5.41) is 12.3. The maximum absolute atomic E-state index is 12.9. The van der Waals surface area contributed by atoms with Crippen LogP contribution in [0.25, 0.3) is 0 Å². The molecule has 2 heterocycles. The number of nitrogens with zero attached hydrogens (tertiary/aromatic N) is 3. The van der Waals surface area contributed by atoms with E-state index in [1.54, 1.807) is 0 Å².